The van der Waals surface area contributed by atoms with Crippen LogP contribution in [0.4, 0.5) is 0 Å². The van der Waals surface area contributed by atoms with Gasteiger partial charge >= 0.3 is 0 Å². The van der Waals surface area contributed by atoms with Crippen LogP contribution in [0.1, 0.15) is 6.92 Å². The normalized spacial score (nSPS) is 20.6. The number of thioether (sulfide) groups is 1. The minimum atomic E-state index is 1.04. The molecule has 0 saturated carbocycles. The topological polar surface area (TPSA) is 3.24 Å². The summed E-state index contributed by atoms with van der Waals surface area (Å²) in [7, 11) is 2.00. The zero-order valence-corrected chi connectivity index (χ0v) is 11.6. The molecular weight excluding hydrogens is 238 g/mol. The molecule has 0 aliphatic carbocycles. The number of allylic oxidation sites excluding steroid dienone is 6. The molecule has 0 aromatic carbocycles. The Labute approximate surface area is 114 Å². The summed E-state index contributed by atoms with van der Waals surface area (Å²) in [6.07, 6.45) is 16.8. The molecule has 1 nitrogen and oxygen atoms in total. The molecule has 0 radical (unpaired) electrons. The van der Waals surface area contributed by atoms with Gasteiger partial charge in [0, 0.05) is 22.9 Å². The largest absolute Gasteiger partial charge is 0.343 e. The van der Waals surface area contributed by atoms with Crippen molar-refractivity contribution >= 4 is 11.8 Å². The maximum Gasteiger partial charge on any atom is 0.0556 e. The molecular formula is C16H17NS. The quantitative estimate of drug-likeness (QED) is 0.694. The summed E-state index contributed by atoms with van der Waals surface area (Å²) >= 11 is 1.65. The Hall–Kier alpha value is -1.85. The Morgan fingerprint density at radius 2 is 2.11 bits per heavy atom. The molecule has 0 aromatic rings. The number of hydrogen-bond donors (Lipinski definition) is 0. The van der Waals surface area contributed by atoms with Crippen molar-refractivity contribution in [2.75, 3.05) is 7.05 Å². The maximum atomic E-state index is 5.38. The predicted octanol–water partition coefficient (Wildman–Crippen LogP) is 4.23. The highest BCUT2D eigenvalue weighted by atomic mass is 32.2. The number of hydrogen-bond acceptors (Lipinski definition) is 2. The van der Waals surface area contributed by atoms with Crippen LogP contribution in [0.2, 0.25) is 0 Å². The molecule has 1 heterocycles. The van der Waals surface area contributed by atoms with Crippen LogP contribution >= 0.6 is 11.8 Å². The number of nitrogens with zero attached hydrogens (tertiary/aromatic N) is 1. The fourth-order valence-corrected chi connectivity index (χ4v) is 2.88. The van der Waals surface area contributed by atoms with E-state index < -0.39 is 0 Å². The van der Waals surface area contributed by atoms with Gasteiger partial charge in [0.2, 0.25) is 0 Å². The molecule has 1 aliphatic heterocycles. The van der Waals surface area contributed by atoms with Crippen molar-refractivity contribution in [3.63, 3.8) is 0 Å². The van der Waals surface area contributed by atoms with E-state index in [0.29, 0.717) is 0 Å². The third kappa shape index (κ3) is 2.88. The fourth-order valence-electron chi connectivity index (χ4n) is 1.68. The molecule has 0 bridgehead atoms. The molecule has 18 heavy (non-hydrogen) atoms. The van der Waals surface area contributed by atoms with Gasteiger partial charge in [-0.25, -0.2) is 0 Å². The monoisotopic (exact) mass is 255 g/mol. The van der Waals surface area contributed by atoms with E-state index in [4.69, 9.17) is 6.42 Å². The van der Waals surface area contributed by atoms with Gasteiger partial charge in [0.15, 0.2) is 0 Å². The van der Waals surface area contributed by atoms with Crippen molar-refractivity contribution in [3.8, 4) is 12.3 Å². The SMILES string of the molecule is C#C/C=C1/SC(/C=C\C)=C(C=C)N(C)/C1=C/C=C. The Bertz CT molecular complexity index is 510. The van der Waals surface area contributed by atoms with Crippen LogP contribution in [0.5, 0.6) is 0 Å². The van der Waals surface area contributed by atoms with Gasteiger partial charge in [0.05, 0.1) is 11.4 Å². The number of terminal acetylenes is 1. The lowest BCUT2D eigenvalue weighted by atomic mass is 10.2. The van der Waals surface area contributed by atoms with E-state index >= 15 is 0 Å². The van der Waals surface area contributed by atoms with Crippen molar-refractivity contribution in [1.82, 2.24) is 4.90 Å². The van der Waals surface area contributed by atoms with E-state index in [-0.39, 0.29) is 0 Å². The maximum absolute atomic E-state index is 5.38. The second-order valence-corrected chi connectivity index (χ2v) is 4.66. The Kier molecular flexibility index (Phi) is 5.35. The minimum Gasteiger partial charge on any atom is -0.343 e. The van der Waals surface area contributed by atoms with Gasteiger partial charge in [-0.15, -0.1) is 6.42 Å². The van der Waals surface area contributed by atoms with E-state index in [1.807, 2.05) is 32.2 Å². The van der Waals surface area contributed by atoms with E-state index in [9.17, 15) is 0 Å². The zero-order valence-electron chi connectivity index (χ0n) is 10.8. The van der Waals surface area contributed by atoms with E-state index in [0.717, 1.165) is 21.2 Å². The van der Waals surface area contributed by atoms with Crippen LogP contribution in [-0.2, 0) is 0 Å². The molecule has 0 atom stereocenters. The highest BCUT2D eigenvalue weighted by Crippen LogP contribution is 2.42. The van der Waals surface area contributed by atoms with Crippen LogP contribution in [-0.4, -0.2) is 11.9 Å². The minimum absolute atomic E-state index is 1.04. The van der Waals surface area contributed by atoms with Gasteiger partial charge in [0.1, 0.15) is 0 Å². The van der Waals surface area contributed by atoms with E-state index in [2.05, 4.69) is 30.1 Å². The number of likely N-dealkylation sites (N-methyl/N-ethyl adjacent to an activating group) is 1. The lowest BCUT2D eigenvalue weighted by molar-refractivity contribution is 0.548. The summed E-state index contributed by atoms with van der Waals surface area (Å²) in [4.78, 5) is 4.25. The summed E-state index contributed by atoms with van der Waals surface area (Å²) in [6, 6.07) is 0. The summed E-state index contributed by atoms with van der Waals surface area (Å²) in [5.41, 5.74) is 2.11. The molecule has 0 saturated heterocycles. The molecule has 2 heteroatoms. The standard InChI is InChI=1S/C16H17NS/c1-6-10-14-16(12-8-3)18-15(11-7-2)13(9-4)17(14)5/h3,6-7,9-12H,1,4H2,2,5H3/b11-7-,14-10+,16-12+. The van der Waals surface area contributed by atoms with Crippen LogP contribution in [0.15, 0.2) is 70.8 Å². The predicted molar refractivity (Wildman–Crippen MR) is 82.6 cm³/mol. The molecule has 0 amide bonds. The summed E-state index contributed by atoms with van der Waals surface area (Å²) in [5, 5.41) is 0. The molecule has 0 aromatic heterocycles. The van der Waals surface area contributed by atoms with Crippen molar-refractivity contribution in [1.29, 1.82) is 0 Å². The van der Waals surface area contributed by atoms with Gasteiger partial charge in [-0.3, -0.25) is 0 Å². The van der Waals surface area contributed by atoms with Crippen molar-refractivity contribution < 1.29 is 0 Å². The van der Waals surface area contributed by atoms with Crippen LogP contribution in [0, 0.1) is 12.3 Å². The summed E-state index contributed by atoms with van der Waals surface area (Å²) < 4.78 is 0. The molecule has 0 unspecified atom stereocenters. The molecule has 92 valence electrons. The third-order valence-corrected chi connectivity index (χ3v) is 3.56. The van der Waals surface area contributed by atoms with Gasteiger partial charge < -0.3 is 4.90 Å². The zero-order chi connectivity index (χ0) is 13.5. The first-order chi connectivity index (χ1) is 8.69. The van der Waals surface area contributed by atoms with E-state index in [1.54, 1.807) is 23.9 Å². The first-order valence-corrected chi connectivity index (χ1v) is 6.41. The molecule has 1 aliphatic rings. The third-order valence-electron chi connectivity index (χ3n) is 2.45. The second kappa shape index (κ2) is 6.78. The van der Waals surface area contributed by atoms with Gasteiger partial charge in [-0.2, -0.15) is 0 Å². The van der Waals surface area contributed by atoms with Crippen molar-refractivity contribution in [3.05, 3.63) is 70.8 Å². The molecule has 0 N–H and O–H groups in total. The van der Waals surface area contributed by atoms with Crippen LogP contribution < -0.4 is 0 Å². The Balaban J connectivity index is 3.41. The lowest BCUT2D eigenvalue weighted by Gasteiger charge is -2.31. The summed E-state index contributed by atoms with van der Waals surface area (Å²) in [5.74, 6) is 2.58. The molecule has 0 fully saturated rings. The van der Waals surface area contributed by atoms with Crippen molar-refractivity contribution in [2.45, 2.75) is 6.92 Å². The van der Waals surface area contributed by atoms with Gasteiger partial charge in [-0.05, 0) is 19.1 Å². The average Bonchev–Trinajstić information content (AvgIpc) is 2.35. The smallest absolute Gasteiger partial charge is 0.0556 e. The highest BCUT2D eigenvalue weighted by Gasteiger charge is 2.22. The van der Waals surface area contributed by atoms with Crippen LogP contribution in [0.25, 0.3) is 0 Å². The van der Waals surface area contributed by atoms with Crippen LogP contribution in [0.3, 0.4) is 0 Å². The lowest BCUT2D eigenvalue weighted by Crippen LogP contribution is -2.21. The summed E-state index contributed by atoms with van der Waals surface area (Å²) in [6.45, 7) is 9.61. The molecule has 1 rings (SSSR count). The van der Waals surface area contributed by atoms with Gasteiger partial charge in [-0.1, -0.05) is 49.1 Å². The number of rotatable bonds is 3. The van der Waals surface area contributed by atoms with Crippen molar-refractivity contribution in [2.24, 2.45) is 0 Å². The fraction of sp³-hybridized carbons (Fsp3) is 0.125. The first-order valence-electron chi connectivity index (χ1n) is 5.60. The average molecular weight is 255 g/mol. The van der Waals surface area contributed by atoms with E-state index in [1.165, 1.54) is 0 Å². The first kappa shape index (κ1) is 14.2. The molecule has 0 spiro atoms. The van der Waals surface area contributed by atoms with Gasteiger partial charge in [0.25, 0.3) is 0 Å². The second-order valence-electron chi connectivity index (χ2n) is 3.58. The highest BCUT2D eigenvalue weighted by molar-refractivity contribution is 8.07. The Morgan fingerprint density at radius 1 is 1.39 bits per heavy atom. The Morgan fingerprint density at radius 3 is 2.61 bits per heavy atom.